The van der Waals surface area contributed by atoms with E-state index in [4.69, 9.17) is 4.74 Å². The van der Waals surface area contributed by atoms with Crippen LogP contribution in [0.5, 0.6) is 0 Å². The summed E-state index contributed by atoms with van der Waals surface area (Å²) in [5.41, 5.74) is -0.225. The number of amides is 4. The van der Waals surface area contributed by atoms with Crippen molar-refractivity contribution >= 4 is 17.8 Å². The van der Waals surface area contributed by atoms with Crippen molar-refractivity contribution in [1.82, 2.24) is 10.6 Å². The first kappa shape index (κ1) is 18.1. The van der Waals surface area contributed by atoms with Crippen LogP contribution in [0, 0.1) is 5.41 Å². The second-order valence-corrected chi connectivity index (χ2v) is 6.02. The Morgan fingerprint density at radius 1 is 0.958 bits per heavy atom. The van der Waals surface area contributed by atoms with Gasteiger partial charge in [0.25, 0.3) is 0 Å². The van der Waals surface area contributed by atoms with Crippen LogP contribution in [0.25, 0.3) is 0 Å². The Hall–Kier alpha value is -2.21. The van der Waals surface area contributed by atoms with Crippen molar-refractivity contribution in [3.63, 3.8) is 0 Å². The maximum Gasteiger partial charge on any atom is 0.328 e. The van der Waals surface area contributed by atoms with Gasteiger partial charge in [-0.2, -0.15) is 0 Å². The van der Waals surface area contributed by atoms with E-state index in [0.717, 1.165) is 18.4 Å². The number of aryl methyl sites for hydroxylation is 1. The molecule has 1 aliphatic heterocycles. The van der Waals surface area contributed by atoms with E-state index in [9.17, 15) is 14.4 Å². The minimum atomic E-state index is -1.27. The summed E-state index contributed by atoms with van der Waals surface area (Å²) in [6.07, 6.45) is 3.13. The third-order valence-electron chi connectivity index (χ3n) is 4.32. The fourth-order valence-corrected chi connectivity index (χ4v) is 2.76. The zero-order valence-electron chi connectivity index (χ0n) is 14.0. The molecular weight excluding hydrogens is 308 g/mol. The molecule has 130 valence electrons. The topological polar surface area (TPSA) is 84.5 Å². The second kappa shape index (κ2) is 8.59. The Labute approximate surface area is 142 Å². The van der Waals surface area contributed by atoms with Crippen molar-refractivity contribution in [2.24, 2.45) is 5.41 Å². The molecule has 1 aromatic carbocycles. The maximum atomic E-state index is 12.4. The number of hydrogen-bond acceptors (Lipinski definition) is 4. The fourth-order valence-electron chi connectivity index (χ4n) is 2.76. The SMILES string of the molecule is CCCCOCCC1(CCc2ccccc2)C(=O)NC(=O)NC1=O. The first-order chi connectivity index (χ1) is 11.6. The summed E-state index contributed by atoms with van der Waals surface area (Å²) < 4.78 is 5.53. The predicted molar refractivity (Wildman–Crippen MR) is 89.2 cm³/mol. The molecular formula is C18H24N2O4. The van der Waals surface area contributed by atoms with Gasteiger partial charge in [0.2, 0.25) is 11.8 Å². The van der Waals surface area contributed by atoms with Crippen molar-refractivity contribution < 1.29 is 19.1 Å². The van der Waals surface area contributed by atoms with Crippen molar-refractivity contribution in [3.05, 3.63) is 35.9 Å². The van der Waals surface area contributed by atoms with E-state index in [-0.39, 0.29) is 6.42 Å². The molecule has 0 aromatic heterocycles. The fraction of sp³-hybridized carbons (Fsp3) is 0.500. The van der Waals surface area contributed by atoms with Gasteiger partial charge in [0.05, 0.1) is 0 Å². The lowest BCUT2D eigenvalue weighted by molar-refractivity contribution is -0.146. The van der Waals surface area contributed by atoms with Crippen LogP contribution < -0.4 is 10.6 Å². The average molecular weight is 332 g/mol. The van der Waals surface area contributed by atoms with Gasteiger partial charge in [0.15, 0.2) is 0 Å². The summed E-state index contributed by atoms with van der Waals surface area (Å²) in [7, 11) is 0. The van der Waals surface area contributed by atoms with Crippen LogP contribution in [0.3, 0.4) is 0 Å². The van der Waals surface area contributed by atoms with Crippen LogP contribution >= 0.6 is 0 Å². The van der Waals surface area contributed by atoms with Crippen molar-refractivity contribution in [2.45, 2.75) is 39.0 Å². The highest BCUT2D eigenvalue weighted by Crippen LogP contribution is 2.31. The summed E-state index contributed by atoms with van der Waals surface area (Å²) in [5.74, 6) is -1.07. The molecule has 24 heavy (non-hydrogen) atoms. The summed E-state index contributed by atoms with van der Waals surface area (Å²) in [6.45, 7) is 2.98. The van der Waals surface area contributed by atoms with E-state index in [1.165, 1.54) is 0 Å². The number of imide groups is 2. The number of benzene rings is 1. The Bertz CT molecular complexity index is 566. The molecule has 0 bridgehead atoms. The highest BCUT2D eigenvalue weighted by atomic mass is 16.5. The number of carbonyl (C=O) groups is 3. The monoisotopic (exact) mass is 332 g/mol. The molecule has 6 heteroatoms. The number of carbonyl (C=O) groups excluding carboxylic acids is 3. The van der Waals surface area contributed by atoms with Gasteiger partial charge in [0, 0.05) is 13.2 Å². The number of unbranched alkanes of at least 4 members (excludes halogenated alkanes) is 1. The van der Waals surface area contributed by atoms with Crippen LogP contribution in [0.15, 0.2) is 30.3 Å². The molecule has 0 unspecified atom stereocenters. The van der Waals surface area contributed by atoms with E-state index < -0.39 is 23.3 Å². The van der Waals surface area contributed by atoms with E-state index in [1.807, 2.05) is 30.3 Å². The lowest BCUT2D eigenvalue weighted by atomic mass is 9.76. The van der Waals surface area contributed by atoms with Gasteiger partial charge in [-0.1, -0.05) is 43.7 Å². The minimum absolute atomic E-state index is 0.258. The Morgan fingerprint density at radius 3 is 2.25 bits per heavy atom. The van der Waals surface area contributed by atoms with Gasteiger partial charge < -0.3 is 4.74 Å². The minimum Gasteiger partial charge on any atom is -0.381 e. The van der Waals surface area contributed by atoms with E-state index in [0.29, 0.717) is 26.1 Å². The van der Waals surface area contributed by atoms with Gasteiger partial charge in [0.1, 0.15) is 5.41 Å². The van der Waals surface area contributed by atoms with Crippen LogP contribution in [0.1, 0.15) is 38.2 Å². The normalized spacial score (nSPS) is 16.6. The summed E-state index contributed by atoms with van der Waals surface area (Å²) in [5, 5.41) is 4.45. The molecule has 1 aliphatic rings. The lowest BCUT2D eigenvalue weighted by Crippen LogP contribution is -2.62. The molecule has 4 amide bonds. The first-order valence-corrected chi connectivity index (χ1v) is 8.37. The van der Waals surface area contributed by atoms with Crippen molar-refractivity contribution in [3.8, 4) is 0 Å². The Morgan fingerprint density at radius 2 is 1.62 bits per heavy atom. The lowest BCUT2D eigenvalue weighted by Gasteiger charge is -2.34. The number of ether oxygens (including phenoxy) is 1. The van der Waals surface area contributed by atoms with Crippen molar-refractivity contribution in [1.29, 1.82) is 0 Å². The zero-order chi connectivity index (χ0) is 17.4. The number of nitrogens with one attached hydrogen (secondary N) is 2. The Kier molecular flexibility index (Phi) is 6.49. The predicted octanol–water partition coefficient (Wildman–Crippen LogP) is 2.18. The van der Waals surface area contributed by atoms with Crippen molar-refractivity contribution in [2.75, 3.05) is 13.2 Å². The van der Waals surface area contributed by atoms with Gasteiger partial charge >= 0.3 is 6.03 Å². The van der Waals surface area contributed by atoms with Gasteiger partial charge in [-0.05, 0) is 31.2 Å². The molecule has 0 saturated carbocycles. The van der Waals surface area contributed by atoms with Gasteiger partial charge in [-0.15, -0.1) is 0 Å². The Balaban J connectivity index is 2.06. The number of barbiturate groups is 1. The number of hydrogen-bond donors (Lipinski definition) is 2. The average Bonchev–Trinajstić information content (AvgIpc) is 2.57. The summed E-state index contributed by atoms with van der Waals surface area (Å²) >= 11 is 0. The first-order valence-electron chi connectivity index (χ1n) is 8.37. The highest BCUT2D eigenvalue weighted by molar-refractivity contribution is 6.19. The van der Waals surface area contributed by atoms with E-state index >= 15 is 0 Å². The molecule has 0 radical (unpaired) electrons. The summed E-state index contributed by atoms with van der Waals surface area (Å²) in [6, 6.07) is 8.90. The standard InChI is InChI=1S/C18H24N2O4/c1-2-3-12-24-13-11-18(10-9-14-7-5-4-6-8-14)15(21)19-17(23)20-16(18)22/h4-8H,2-3,9-13H2,1H3,(H2,19,20,21,22,23). The third kappa shape index (κ3) is 4.41. The quantitative estimate of drug-likeness (QED) is 0.536. The summed E-state index contributed by atoms with van der Waals surface area (Å²) in [4.78, 5) is 36.2. The molecule has 2 N–H and O–H groups in total. The largest absolute Gasteiger partial charge is 0.381 e. The van der Waals surface area contributed by atoms with Crippen LogP contribution in [-0.2, 0) is 20.7 Å². The maximum absolute atomic E-state index is 12.4. The highest BCUT2D eigenvalue weighted by Gasteiger charge is 2.49. The number of urea groups is 1. The van der Waals surface area contributed by atoms with E-state index in [1.54, 1.807) is 0 Å². The molecule has 1 aromatic rings. The molecule has 1 fully saturated rings. The molecule has 2 rings (SSSR count). The third-order valence-corrected chi connectivity index (χ3v) is 4.32. The number of rotatable bonds is 9. The van der Waals surface area contributed by atoms with Crippen LogP contribution in [-0.4, -0.2) is 31.1 Å². The molecule has 1 heterocycles. The van der Waals surface area contributed by atoms with Crippen LogP contribution in [0.2, 0.25) is 0 Å². The van der Waals surface area contributed by atoms with Gasteiger partial charge in [-0.25, -0.2) is 4.79 Å². The molecule has 1 saturated heterocycles. The van der Waals surface area contributed by atoms with Crippen LogP contribution in [0.4, 0.5) is 4.79 Å². The molecule has 0 spiro atoms. The second-order valence-electron chi connectivity index (χ2n) is 6.02. The zero-order valence-corrected chi connectivity index (χ0v) is 14.0. The smallest absolute Gasteiger partial charge is 0.328 e. The van der Waals surface area contributed by atoms with E-state index in [2.05, 4.69) is 17.6 Å². The molecule has 0 aliphatic carbocycles. The molecule has 6 nitrogen and oxygen atoms in total. The molecule has 0 atom stereocenters. The van der Waals surface area contributed by atoms with Gasteiger partial charge in [-0.3, -0.25) is 20.2 Å².